The molecule has 3 N–H and O–H groups in total. The summed E-state index contributed by atoms with van der Waals surface area (Å²) >= 11 is 0. The summed E-state index contributed by atoms with van der Waals surface area (Å²) in [5.74, 6) is -1.52. The number of nitrogens with two attached hydrogens (primary N) is 1. The van der Waals surface area contributed by atoms with Crippen LogP contribution in [0.5, 0.6) is 0 Å². The number of carbonyl (C=O) groups excluding carboxylic acids is 1. The van der Waals surface area contributed by atoms with E-state index >= 15 is 0 Å². The van der Waals surface area contributed by atoms with Crippen molar-refractivity contribution < 1.29 is 19.4 Å². The third-order valence-electron chi connectivity index (χ3n) is 2.12. The maximum atomic E-state index is 11.2. The molecule has 1 atom stereocenters. The minimum Gasteiger partial charge on any atom is -0.480 e. The molecular formula is C11H14ClNO4. The molecule has 1 aromatic carbocycles. The van der Waals surface area contributed by atoms with Crippen molar-refractivity contribution in [2.24, 2.45) is 5.73 Å². The first-order chi connectivity index (χ1) is 7.54. The second-order valence-corrected chi connectivity index (χ2v) is 3.34. The van der Waals surface area contributed by atoms with E-state index in [1.54, 1.807) is 24.3 Å². The van der Waals surface area contributed by atoms with E-state index in [1.165, 1.54) is 7.11 Å². The largest absolute Gasteiger partial charge is 0.480 e. The van der Waals surface area contributed by atoms with Gasteiger partial charge >= 0.3 is 11.9 Å². The van der Waals surface area contributed by atoms with Crippen molar-refractivity contribution in [2.45, 2.75) is 12.5 Å². The Balaban J connectivity index is 0.00000256. The summed E-state index contributed by atoms with van der Waals surface area (Å²) in [4.78, 5) is 21.8. The second-order valence-electron chi connectivity index (χ2n) is 3.34. The first kappa shape index (κ1) is 15.4. The van der Waals surface area contributed by atoms with Gasteiger partial charge in [0.25, 0.3) is 0 Å². The molecule has 0 bridgehead atoms. The van der Waals surface area contributed by atoms with E-state index in [9.17, 15) is 9.59 Å². The molecule has 1 aromatic rings. The minimum atomic E-state index is -1.07. The van der Waals surface area contributed by atoms with Gasteiger partial charge in [0.15, 0.2) is 0 Å². The Hall–Kier alpha value is -1.59. The number of benzene rings is 1. The summed E-state index contributed by atoms with van der Waals surface area (Å²) in [5.41, 5.74) is 6.47. The number of rotatable bonds is 4. The number of carboxylic acid groups (broad SMARTS) is 1. The zero-order chi connectivity index (χ0) is 12.1. The van der Waals surface area contributed by atoms with Crippen molar-refractivity contribution >= 4 is 24.3 Å². The van der Waals surface area contributed by atoms with Crippen molar-refractivity contribution in [1.29, 1.82) is 0 Å². The SMILES string of the molecule is COC(=O)c1cccc(C[C@@H](N)C(=O)O)c1.Cl. The van der Waals surface area contributed by atoms with Gasteiger partial charge in [-0.2, -0.15) is 0 Å². The zero-order valence-electron chi connectivity index (χ0n) is 9.25. The van der Waals surface area contributed by atoms with E-state index in [0.717, 1.165) is 0 Å². The number of hydrogen-bond donors (Lipinski definition) is 2. The maximum Gasteiger partial charge on any atom is 0.337 e. The standard InChI is InChI=1S/C11H13NO4.ClH/c1-16-11(15)8-4-2-3-7(5-8)6-9(12)10(13)14;/h2-5,9H,6,12H2,1H3,(H,13,14);1H/t9-;/m1./s1. The van der Waals surface area contributed by atoms with Gasteiger partial charge in [-0.3, -0.25) is 4.79 Å². The fraction of sp³-hybridized carbons (Fsp3) is 0.273. The molecule has 0 fully saturated rings. The molecular weight excluding hydrogens is 246 g/mol. The van der Waals surface area contributed by atoms with Crippen LogP contribution in [-0.4, -0.2) is 30.2 Å². The van der Waals surface area contributed by atoms with Crippen molar-refractivity contribution in [1.82, 2.24) is 0 Å². The van der Waals surface area contributed by atoms with Crippen molar-refractivity contribution in [3.8, 4) is 0 Å². The highest BCUT2D eigenvalue weighted by Crippen LogP contribution is 2.08. The van der Waals surface area contributed by atoms with Crippen LogP contribution < -0.4 is 5.73 Å². The highest BCUT2D eigenvalue weighted by molar-refractivity contribution is 5.89. The molecule has 0 aliphatic heterocycles. The summed E-state index contributed by atoms with van der Waals surface area (Å²) in [6, 6.07) is 5.59. The third-order valence-corrected chi connectivity index (χ3v) is 2.12. The lowest BCUT2D eigenvalue weighted by Gasteiger charge is -2.07. The number of halogens is 1. The summed E-state index contributed by atoms with van der Waals surface area (Å²) < 4.78 is 4.56. The van der Waals surface area contributed by atoms with Crippen LogP contribution in [0.25, 0.3) is 0 Å². The van der Waals surface area contributed by atoms with Crippen LogP contribution in [0, 0.1) is 0 Å². The van der Waals surface area contributed by atoms with E-state index in [-0.39, 0.29) is 18.8 Å². The van der Waals surface area contributed by atoms with Crippen LogP contribution in [0.3, 0.4) is 0 Å². The lowest BCUT2D eigenvalue weighted by atomic mass is 10.0. The zero-order valence-corrected chi connectivity index (χ0v) is 10.1. The molecule has 94 valence electrons. The molecule has 0 aliphatic carbocycles. The molecule has 0 amide bonds. The molecule has 6 heteroatoms. The fourth-order valence-corrected chi connectivity index (χ4v) is 1.28. The number of methoxy groups -OCH3 is 1. The van der Waals surface area contributed by atoms with Gasteiger partial charge in [-0.05, 0) is 24.1 Å². The fourth-order valence-electron chi connectivity index (χ4n) is 1.28. The van der Waals surface area contributed by atoms with Crippen molar-refractivity contribution in [3.63, 3.8) is 0 Å². The Morgan fingerprint density at radius 2 is 2.12 bits per heavy atom. The Bertz CT molecular complexity index is 408. The molecule has 0 spiro atoms. The Kier molecular flexibility index (Phi) is 6.23. The monoisotopic (exact) mass is 259 g/mol. The van der Waals surface area contributed by atoms with Gasteiger partial charge < -0.3 is 15.6 Å². The quantitative estimate of drug-likeness (QED) is 0.783. The van der Waals surface area contributed by atoms with Crippen LogP contribution in [0.15, 0.2) is 24.3 Å². The minimum absolute atomic E-state index is 0. The number of hydrogen-bond acceptors (Lipinski definition) is 4. The highest BCUT2D eigenvalue weighted by Gasteiger charge is 2.13. The van der Waals surface area contributed by atoms with E-state index in [0.29, 0.717) is 11.1 Å². The predicted molar refractivity (Wildman–Crippen MR) is 64.3 cm³/mol. The predicted octanol–water partition coefficient (Wildman–Crippen LogP) is 0.849. The van der Waals surface area contributed by atoms with E-state index < -0.39 is 18.0 Å². The second kappa shape index (κ2) is 6.88. The topological polar surface area (TPSA) is 89.6 Å². The number of esters is 1. The maximum absolute atomic E-state index is 11.2. The molecule has 0 aliphatic rings. The molecule has 5 nitrogen and oxygen atoms in total. The summed E-state index contributed by atoms with van der Waals surface area (Å²) in [7, 11) is 1.29. The van der Waals surface area contributed by atoms with Crippen molar-refractivity contribution in [3.05, 3.63) is 35.4 Å². The van der Waals surface area contributed by atoms with Gasteiger partial charge in [0.2, 0.25) is 0 Å². The average molecular weight is 260 g/mol. The van der Waals surface area contributed by atoms with Crippen LogP contribution in [0.1, 0.15) is 15.9 Å². The molecule has 0 heterocycles. The summed E-state index contributed by atoms with van der Waals surface area (Å²) in [6.45, 7) is 0. The van der Waals surface area contributed by atoms with Gasteiger partial charge in [0, 0.05) is 0 Å². The molecule has 0 radical (unpaired) electrons. The molecule has 1 rings (SSSR count). The Labute approximate surface area is 105 Å². The van der Waals surface area contributed by atoms with Crippen LogP contribution in [-0.2, 0) is 16.0 Å². The molecule has 0 aromatic heterocycles. The Morgan fingerprint density at radius 3 is 2.65 bits per heavy atom. The highest BCUT2D eigenvalue weighted by atomic mass is 35.5. The van der Waals surface area contributed by atoms with Gasteiger partial charge in [0.05, 0.1) is 12.7 Å². The number of ether oxygens (including phenoxy) is 1. The molecule has 0 saturated heterocycles. The summed E-state index contributed by atoms with van der Waals surface area (Å²) in [5, 5.41) is 8.65. The third kappa shape index (κ3) is 4.42. The van der Waals surface area contributed by atoms with Gasteiger partial charge in [0.1, 0.15) is 6.04 Å². The van der Waals surface area contributed by atoms with E-state index in [1.807, 2.05) is 0 Å². The smallest absolute Gasteiger partial charge is 0.337 e. The molecule has 0 unspecified atom stereocenters. The van der Waals surface area contributed by atoms with E-state index in [2.05, 4.69) is 4.74 Å². The van der Waals surface area contributed by atoms with Gasteiger partial charge in [-0.15, -0.1) is 12.4 Å². The van der Waals surface area contributed by atoms with Gasteiger partial charge in [-0.25, -0.2) is 4.79 Å². The lowest BCUT2D eigenvalue weighted by Crippen LogP contribution is -2.32. The number of carboxylic acids is 1. The van der Waals surface area contributed by atoms with Crippen LogP contribution in [0.4, 0.5) is 0 Å². The van der Waals surface area contributed by atoms with Crippen molar-refractivity contribution in [2.75, 3.05) is 7.11 Å². The van der Waals surface area contributed by atoms with Crippen LogP contribution >= 0.6 is 12.4 Å². The average Bonchev–Trinajstić information content (AvgIpc) is 2.28. The lowest BCUT2D eigenvalue weighted by molar-refractivity contribution is -0.138. The first-order valence-electron chi connectivity index (χ1n) is 4.70. The first-order valence-corrected chi connectivity index (χ1v) is 4.70. The van der Waals surface area contributed by atoms with E-state index in [4.69, 9.17) is 10.8 Å². The van der Waals surface area contributed by atoms with Crippen LogP contribution in [0.2, 0.25) is 0 Å². The Morgan fingerprint density at radius 1 is 1.47 bits per heavy atom. The number of carbonyl (C=O) groups is 2. The number of aliphatic carboxylic acids is 1. The summed E-state index contributed by atoms with van der Waals surface area (Å²) in [6.07, 6.45) is 0.181. The molecule has 0 saturated carbocycles. The van der Waals surface area contributed by atoms with Gasteiger partial charge in [-0.1, -0.05) is 12.1 Å². The molecule has 17 heavy (non-hydrogen) atoms. The normalized spacial score (nSPS) is 11.2.